The van der Waals surface area contributed by atoms with E-state index in [0.29, 0.717) is 11.0 Å². The molecule has 0 saturated carbocycles. The maximum atomic E-state index is 10.9. The van der Waals surface area contributed by atoms with Gasteiger partial charge in [0.2, 0.25) is 0 Å². The first-order chi connectivity index (χ1) is 9.47. The lowest BCUT2D eigenvalue weighted by Crippen LogP contribution is -2.17. The summed E-state index contributed by atoms with van der Waals surface area (Å²) >= 11 is 3.31. The maximum absolute atomic E-state index is 10.9. The van der Waals surface area contributed by atoms with E-state index in [1.165, 1.54) is 11.6 Å². The number of hydrogen-bond acceptors (Lipinski definition) is 3. The minimum atomic E-state index is -0.384. The molecule has 0 spiro atoms. The molecule has 20 heavy (non-hydrogen) atoms. The second-order valence-corrected chi connectivity index (χ2v) is 5.67. The van der Waals surface area contributed by atoms with Crippen molar-refractivity contribution in [2.75, 3.05) is 0 Å². The highest BCUT2D eigenvalue weighted by Gasteiger charge is 2.14. The molecule has 2 aromatic rings. The van der Waals surface area contributed by atoms with Gasteiger partial charge in [-0.3, -0.25) is 10.1 Å². The lowest BCUT2D eigenvalue weighted by Gasteiger charge is -2.06. The fraction of sp³-hybridized carbons (Fsp3) is 0.286. The van der Waals surface area contributed by atoms with Crippen molar-refractivity contribution in [3.8, 4) is 0 Å². The van der Waals surface area contributed by atoms with Crippen molar-refractivity contribution in [3.63, 3.8) is 0 Å². The van der Waals surface area contributed by atoms with Crippen molar-refractivity contribution in [1.29, 1.82) is 0 Å². The average Bonchev–Trinajstić information content (AvgIpc) is 2.78. The standard InChI is InChI=1S/C14H16BrN3O2/c1-10(16)7-11-5-6-17(8-11)9-12-3-2-4-13(14(12)15)18(19)20/h2-6,8,10H,7,9,16H2,1H3. The average molecular weight is 338 g/mol. The highest BCUT2D eigenvalue weighted by Crippen LogP contribution is 2.28. The van der Waals surface area contributed by atoms with E-state index in [1.807, 2.05) is 36.0 Å². The van der Waals surface area contributed by atoms with Crippen LogP contribution in [0.25, 0.3) is 0 Å². The lowest BCUT2D eigenvalue weighted by atomic mass is 10.1. The molecule has 0 radical (unpaired) electrons. The van der Waals surface area contributed by atoms with E-state index in [1.54, 1.807) is 6.07 Å². The number of rotatable bonds is 5. The number of benzene rings is 1. The van der Waals surface area contributed by atoms with E-state index in [9.17, 15) is 10.1 Å². The molecule has 1 heterocycles. The Morgan fingerprint density at radius 1 is 1.45 bits per heavy atom. The van der Waals surface area contributed by atoms with Gasteiger partial charge in [0.1, 0.15) is 4.47 Å². The zero-order valence-electron chi connectivity index (χ0n) is 11.1. The molecule has 1 aromatic heterocycles. The largest absolute Gasteiger partial charge is 0.350 e. The van der Waals surface area contributed by atoms with Gasteiger partial charge in [-0.2, -0.15) is 0 Å². The first-order valence-electron chi connectivity index (χ1n) is 6.29. The number of aromatic nitrogens is 1. The zero-order chi connectivity index (χ0) is 14.7. The molecule has 1 atom stereocenters. The minimum Gasteiger partial charge on any atom is -0.350 e. The lowest BCUT2D eigenvalue weighted by molar-refractivity contribution is -0.385. The normalized spacial score (nSPS) is 12.3. The minimum absolute atomic E-state index is 0.0884. The monoisotopic (exact) mass is 337 g/mol. The van der Waals surface area contributed by atoms with E-state index in [4.69, 9.17) is 5.73 Å². The number of nitrogens with two attached hydrogens (primary N) is 1. The molecule has 6 heteroatoms. The molecule has 1 aromatic carbocycles. The number of nitro benzene ring substituents is 1. The van der Waals surface area contributed by atoms with Crippen molar-refractivity contribution in [1.82, 2.24) is 4.57 Å². The Balaban J connectivity index is 2.20. The summed E-state index contributed by atoms with van der Waals surface area (Å²) in [7, 11) is 0. The Kier molecular flexibility index (Phi) is 4.57. The first-order valence-corrected chi connectivity index (χ1v) is 7.08. The third-order valence-electron chi connectivity index (χ3n) is 2.98. The maximum Gasteiger partial charge on any atom is 0.283 e. The summed E-state index contributed by atoms with van der Waals surface area (Å²) in [6.07, 6.45) is 4.81. The third kappa shape index (κ3) is 3.46. The van der Waals surface area contributed by atoms with Gasteiger partial charge in [0.15, 0.2) is 0 Å². The fourth-order valence-electron chi connectivity index (χ4n) is 2.11. The fourth-order valence-corrected chi connectivity index (χ4v) is 2.64. The predicted molar refractivity (Wildman–Crippen MR) is 81.7 cm³/mol. The van der Waals surface area contributed by atoms with Crippen LogP contribution in [0.1, 0.15) is 18.1 Å². The van der Waals surface area contributed by atoms with Crippen LogP contribution < -0.4 is 5.73 Å². The van der Waals surface area contributed by atoms with Crippen LogP contribution >= 0.6 is 15.9 Å². The van der Waals surface area contributed by atoms with Gasteiger partial charge in [0.25, 0.3) is 5.69 Å². The molecule has 1 unspecified atom stereocenters. The Morgan fingerprint density at radius 3 is 2.85 bits per heavy atom. The van der Waals surface area contributed by atoms with Crippen LogP contribution in [0.3, 0.4) is 0 Å². The molecule has 0 bridgehead atoms. The summed E-state index contributed by atoms with van der Waals surface area (Å²) in [5.41, 5.74) is 7.91. The quantitative estimate of drug-likeness (QED) is 0.672. The van der Waals surface area contributed by atoms with Crippen molar-refractivity contribution < 1.29 is 4.92 Å². The molecule has 106 valence electrons. The van der Waals surface area contributed by atoms with E-state index in [2.05, 4.69) is 15.9 Å². The van der Waals surface area contributed by atoms with E-state index in [-0.39, 0.29) is 16.7 Å². The van der Waals surface area contributed by atoms with Crippen LogP contribution in [-0.4, -0.2) is 15.5 Å². The molecule has 2 N–H and O–H groups in total. The van der Waals surface area contributed by atoms with Gasteiger partial charge in [0, 0.05) is 31.0 Å². The summed E-state index contributed by atoms with van der Waals surface area (Å²) < 4.78 is 2.54. The topological polar surface area (TPSA) is 74.1 Å². The van der Waals surface area contributed by atoms with Gasteiger partial charge in [-0.1, -0.05) is 12.1 Å². The molecule has 0 amide bonds. The van der Waals surface area contributed by atoms with Gasteiger partial charge in [-0.05, 0) is 46.5 Å². The summed E-state index contributed by atoms with van der Waals surface area (Å²) in [5, 5.41) is 10.9. The van der Waals surface area contributed by atoms with E-state index >= 15 is 0 Å². The number of nitro groups is 1. The van der Waals surface area contributed by atoms with Crippen molar-refractivity contribution in [2.24, 2.45) is 5.73 Å². The summed E-state index contributed by atoms with van der Waals surface area (Å²) in [5.74, 6) is 0. The first kappa shape index (κ1) is 14.7. The van der Waals surface area contributed by atoms with Gasteiger partial charge >= 0.3 is 0 Å². The van der Waals surface area contributed by atoms with Crippen LogP contribution in [0.5, 0.6) is 0 Å². The number of hydrogen-bond donors (Lipinski definition) is 1. The van der Waals surface area contributed by atoms with E-state index < -0.39 is 0 Å². The van der Waals surface area contributed by atoms with Crippen LogP contribution in [0, 0.1) is 10.1 Å². The molecule has 2 rings (SSSR count). The molecular formula is C14H16BrN3O2. The Bertz CT molecular complexity index is 623. The second kappa shape index (κ2) is 6.19. The van der Waals surface area contributed by atoms with Crippen LogP contribution in [0.2, 0.25) is 0 Å². The SMILES string of the molecule is CC(N)Cc1ccn(Cc2cccc([N+](=O)[O-])c2Br)c1. The van der Waals surface area contributed by atoms with Gasteiger partial charge < -0.3 is 10.3 Å². The van der Waals surface area contributed by atoms with Gasteiger partial charge in [-0.25, -0.2) is 0 Å². The van der Waals surface area contributed by atoms with Crippen molar-refractivity contribution in [3.05, 3.63) is 62.4 Å². The second-order valence-electron chi connectivity index (χ2n) is 4.88. The van der Waals surface area contributed by atoms with Crippen LogP contribution in [-0.2, 0) is 13.0 Å². The molecule has 0 aliphatic rings. The molecule has 0 fully saturated rings. The Labute approximate surface area is 125 Å². The molecular weight excluding hydrogens is 322 g/mol. The highest BCUT2D eigenvalue weighted by molar-refractivity contribution is 9.10. The van der Waals surface area contributed by atoms with Crippen LogP contribution in [0.4, 0.5) is 5.69 Å². The Morgan fingerprint density at radius 2 is 2.20 bits per heavy atom. The van der Waals surface area contributed by atoms with Crippen LogP contribution in [0.15, 0.2) is 41.1 Å². The smallest absolute Gasteiger partial charge is 0.283 e. The van der Waals surface area contributed by atoms with Crippen molar-refractivity contribution >= 4 is 21.6 Å². The van der Waals surface area contributed by atoms with Gasteiger partial charge in [0.05, 0.1) is 4.92 Å². The predicted octanol–water partition coefficient (Wildman–Crippen LogP) is 3.10. The number of nitrogens with zero attached hydrogens (tertiary/aromatic N) is 2. The molecule has 0 aliphatic heterocycles. The third-order valence-corrected chi connectivity index (χ3v) is 3.89. The summed E-state index contributed by atoms with van der Waals surface area (Å²) in [6, 6.07) is 7.21. The summed E-state index contributed by atoms with van der Waals surface area (Å²) in [6.45, 7) is 2.55. The number of halogens is 1. The molecule has 5 nitrogen and oxygen atoms in total. The van der Waals surface area contributed by atoms with E-state index in [0.717, 1.165) is 12.0 Å². The van der Waals surface area contributed by atoms with Crippen molar-refractivity contribution in [2.45, 2.75) is 25.9 Å². The summed E-state index contributed by atoms with van der Waals surface area (Å²) in [4.78, 5) is 10.5. The highest BCUT2D eigenvalue weighted by atomic mass is 79.9. The zero-order valence-corrected chi connectivity index (χ0v) is 12.7. The Hall–Kier alpha value is -1.66. The molecule has 0 saturated heterocycles. The van der Waals surface area contributed by atoms with Gasteiger partial charge in [-0.15, -0.1) is 0 Å². The molecule has 0 aliphatic carbocycles.